The topological polar surface area (TPSA) is 117 Å². The summed E-state index contributed by atoms with van der Waals surface area (Å²) in [5.41, 5.74) is 1.08. The molecule has 0 bridgehead atoms. The van der Waals surface area contributed by atoms with Gasteiger partial charge in [-0.3, -0.25) is 14.9 Å². The molecule has 0 radical (unpaired) electrons. The number of methoxy groups -OCH3 is 1. The summed E-state index contributed by atoms with van der Waals surface area (Å²) in [6.45, 7) is -0.257. The molecule has 9 nitrogen and oxygen atoms in total. The lowest BCUT2D eigenvalue weighted by atomic mass is 10.2. The van der Waals surface area contributed by atoms with Crippen LogP contribution in [0.2, 0.25) is 5.02 Å². The fourth-order valence-electron chi connectivity index (χ4n) is 2.77. The fraction of sp³-hybridized carbons (Fsp3) is 0.130. The Morgan fingerprint density at radius 3 is 2.45 bits per heavy atom. The molecule has 0 aliphatic heterocycles. The van der Waals surface area contributed by atoms with Gasteiger partial charge in [-0.05, 0) is 29.8 Å². The lowest BCUT2D eigenvalue weighted by molar-refractivity contribution is -0.384. The van der Waals surface area contributed by atoms with Gasteiger partial charge in [-0.2, -0.15) is 0 Å². The number of anilines is 1. The van der Waals surface area contributed by atoms with E-state index in [-0.39, 0.29) is 22.0 Å². The summed E-state index contributed by atoms with van der Waals surface area (Å²) in [4.78, 5) is 34.6. The van der Waals surface area contributed by atoms with Gasteiger partial charge >= 0.3 is 5.97 Å². The Bertz CT molecular complexity index is 1170. The summed E-state index contributed by atoms with van der Waals surface area (Å²) in [6, 6.07) is 17.7. The number of nitrogens with zero attached hydrogens (tertiary/aromatic N) is 1. The SMILES string of the molecule is COc1cc(C(=O)OCC(=O)Nc2ccc([N+](=O)[O-])cc2Cl)ccc1OCc1ccccc1. The number of non-ortho nitro benzene ring substituents is 1. The minimum absolute atomic E-state index is 0.0142. The molecule has 0 heterocycles. The minimum atomic E-state index is -0.743. The van der Waals surface area contributed by atoms with E-state index in [0.29, 0.717) is 18.1 Å². The number of benzene rings is 3. The van der Waals surface area contributed by atoms with Crippen LogP contribution < -0.4 is 14.8 Å². The van der Waals surface area contributed by atoms with Gasteiger partial charge in [-0.1, -0.05) is 41.9 Å². The number of halogens is 1. The van der Waals surface area contributed by atoms with Crippen molar-refractivity contribution in [2.45, 2.75) is 6.61 Å². The van der Waals surface area contributed by atoms with Crippen molar-refractivity contribution in [3.63, 3.8) is 0 Å². The molecule has 3 aromatic carbocycles. The highest BCUT2D eigenvalue weighted by Crippen LogP contribution is 2.29. The zero-order valence-electron chi connectivity index (χ0n) is 17.4. The first-order valence-corrected chi connectivity index (χ1v) is 10.0. The van der Waals surface area contributed by atoms with Crippen molar-refractivity contribution in [1.29, 1.82) is 0 Å². The number of carbonyl (C=O) groups is 2. The number of amides is 1. The van der Waals surface area contributed by atoms with Gasteiger partial charge in [0.15, 0.2) is 18.1 Å². The van der Waals surface area contributed by atoms with Crippen LogP contribution in [-0.2, 0) is 16.1 Å². The number of nitro benzene ring substituents is 1. The van der Waals surface area contributed by atoms with E-state index < -0.39 is 23.4 Å². The van der Waals surface area contributed by atoms with E-state index in [4.69, 9.17) is 25.8 Å². The van der Waals surface area contributed by atoms with Gasteiger partial charge in [0.1, 0.15) is 6.61 Å². The molecule has 0 saturated carbocycles. The average molecular weight is 471 g/mol. The molecule has 3 aromatic rings. The lowest BCUT2D eigenvalue weighted by Gasteiger charge is -2.12. The van der Waals surface area contributed by atoms with Crippen molar-refractivity contribution in [2.24, 2.45) is 0 Å². The molecule has 0 aliphatic rings. The van der Waals surface area contributed by atoms with E-state index >= 15 is 0 Å². The Kier molecular flexibility index (Phi) is 7.82. The van der Waals surface area contributed by atoms with E-state index in [1.807, 2.05) is 30.3 Å². The second-order valence-corrected chi connectivity index (χ2v) is 7.09. The number of hydrogen-bond donors (Lipinski definition) is 1. The number of ether oxygens (including phenoxy) is 3. The Hall–Kier alpha value is -4.11. The van der Waals surface area contributed by atoms with Crippen molar-refractivity contribution in [3.8, 4) is 11.5 Å². The van der Waals surface area contributed by atoms with E-state index in [1.54, 1.807) is 6.07 Å². The van der Waals surface area contributed by atoms with Gasteiger partial charge in [0, 0.05) is 12.1 Å². The Morgan fingerprint density at radius 2 is 1.79 bits per heavy atom. The molecular formula is C23H19ClN2O7. The highest BCUT2D eigenvalue weighted by atomic mass is 35.5. The van der Waals surface area contributed by atoms with Gasteiger partial charge in [0.05, 0.1) is 28.3 Å². The van der Waals surface area contributed by atoms with E-state index in [0.717, 1.165) is 11.6 Å². The number of esters is 1. The molecule has 33 heavy (non-hydrogen) atoms. The van der Waals surface area contributed by atoms with Gasteiger partial charge < -0.3 is 19.5 Å². The first-order valence-electron chi connectivity index (χ1n) is 9.63. The van der Waals surface area contributed by atoms with Crippen molar-refractivity contribution >= 4 is 34.9 Å². The second-order valence-electron chi connectivity index (χ2n) is 6.69. The molecule has 3 rings (SSSR count). The van der Waals surface area contributed by atoms with Crippen LogP contribution in [0.5, 0.6) is 11.5 Å². The van der Waals surface area contributed by atoms with Crippen molar-refractivity contribution < 1.29 is 28.7 Å². The fourth-order valence-corrected chi connectivity index (χ4v) is 2.99. The van der Waals surface area contributed by atoms with Crippen LogP contribution in [-0.4, -0.2) is 30.5 Å². The summed E-state index contributed by atoms with van der Waals surface area (Å²) in [7, 11) is 1.45. The molecule has 0 spiro atoms. The average Bonchev–Trinajstić information content (AvgIpc) is 2.82. The monoisotopic (exact) mass is 470 g/mol. The maximum absolute atomic E-state index is 12.3. The van der Waals surface area contributed by atoms with Crippen molar-refractivity contribution in [1.82, 2.24) is 0 Å². The number of nitrogens with one attached hydrogen (secondary N) is 1. The van der Waals surface area contributed by atoms with Gasteiger partial charge in [0.25, 0.3) is 11.6 Å². The standard InChI is InChI=1S/C23H19ClN2O7/c1-31-21-11-16(7-10-20(21)32-13-15-5-3-2-4-6-15)23(28)33-14-22(27)25-19-9-8-17(26(29)30)12-18(19)24/h2-12H,13-14H2,1H3,(H,25,27). The highest BCUT2D eigenvalue weighted by Gasteiger charge is 2.16. The van der Waals surface area contributed by atoms with Crippen LogP contribution in [0, 0.1) is 10.1 Å². The molecular weight excluding hydrogens is 452 g/mol. The minimum Gasteiger partial charge on any atom is -0.493 e. The number of nitro groups is 1. The highest BCUT2D eigenvalue weighted by molar-refractivity contribution is 6.34. The summed E-state index contributed by atoms with van der Waals surface area (Å²) in [5.74, 6) is -0.618. The first-order chi connectivity index (χ1) is 15.9. The quantitative estimate of drug-likeness (QED) is 0.275. The van der Waals surface area contributed by atoms with Crippen LogP contribution in [0.1, 0.15) is 15.9 Å². The third-order valence-corrected chi connectivity index (χ3v) is 4.72. The molecule has 0 aromatic heterocycles. The van der Waals surface area contributed by atoms with Crippen LogP contribution in [0.3, 0.4) is 0 Å². The van der Waals surface area contributed by atoms with Crippen LogP contribution in [0.25, 0.3) is 0 Å². The summed E-state index contributed by atoms with van der Waals surface area (Å²) in [6.07, 6.45) is 0. The normalized spacial score (nSPS) is 10.2. The predicted octanol–water partition coefficient (Wildman–Crippen LogP) is 4.63. The van der Waals surface area contributed by atoms with Crippen molar-refractivity contribution in [3.05, 3.63) is 93.0 Å². The first kappa shape index (κ1) is 23.6. The van der Waals surface area contributed by atoms with Crippen LogP contribution in [0.4, 0.5) is 11.4 Å². The molecule has 170 valence electrons. The molecule has 1 N–H and O–H groups in total. The second kappa shape index (κ2) is 11.0. The molecule has 0 fully saturated rings. The van der Waals surface area contributed by atoms with E-state index in [1.165, 1.54) is 31.4 Å². The zero-order valence-corrected chi connectivity index (χ0v) is 18.2. The van der Waals surface area contributed by atoms with E-state index in [2.05, 4.69) is 5.32 Å². The maximum Gasteiger partial charge on any atom is 0.338 e. The largest absolute Gasteiger partial charge is 0.493 e. The van der Waals surface area contributed by atoms with E-state index in [9.17, 15) is 19.7 Å². The number of hydrogen-bond acceptors (Lipinski definition) is 7. The predicted molar refractivity (Wildman–Crippen MR) is 121 cm³/mol. The number of carbonyl (C=O) groups excluding carboxylic acids is 2. The maximum atomic E-state index is 12.3. The van der Waals surface area contributed by atoms with Crippen LogP contribution in [0.15, 0.2) is 66.7 Å². The Labute approximate surface area is 194 Å². The molecule has 0 atom stereocenters. The molecule has 0 aliphatic carbocycles. The molecule has 1 amide bonds. The Morgan fingerprint density at radius 1 is 1.03 bits per heavy atom. The van der Waals surface area contributed by atoms with Gasteiger partial charge in [-0.25, -0.2) is 4.79 Å². The smallest absolute Gasteiger partial charge is 0.338 e. The van der Waals surface area contributed by atoms with Gasteiger partial charge in [-0.15, -0.1) is 0 Å². The third-order valence-electron chi connectivity index (χ3n) is 4.41. The van der Waals surface area contributed by atoms with Crippen LogP contribution >= 0.6 is 11.6 Å². The van der Waals surface area contributed by atoms with Crippen molar-refractivity contribution in [2.75, 3.05) is 19.0 Å². The summed E-state index contributed by atoms with van der Waals surface area (Å²) >= 11 is 5.94. The van der Waals surface area contributed by atoms with Gasteiger partial charge in [0.2, 0.25) is 0 Å². The summed E-state index contributed by atoms with van der Waals surface area (Å²) in [5, 5.41) is 13.2. The summed E-state index contributed by atoms with van der Waals surface area (Å²) < 4.78 is 16.1. The lowest BCUT2D eigenvalue weighted by Crippen LogP contribution is -2.21. The molecule has 0 unspecified atom stereocenters. The molecule has 10 heteroatoms. The third kappa shape index (κ3) is 6.44. The molecule has 0 saturated heterocycles. The number of rotatable bonds is 9. The Balaban J connectivity index is 1.57. The zero-order chi connectivity index (χ0) is 23.8.